The maximum absolute atomic E-state index is 14.6. The molecule has 1 saturated heterocycles. The summed E-state index contributed by atoms with van der Waals surface area (Å²) >= 11 is 0. The highest BCUT2D eigenvalue weighted by atomic mass is 19.1. The SMILES string of the molecule is COCCN1C(=O)C(C)(C)Oc2cc(Nc3ncc(F)c(NC4CC(C)(C)NC(C)(C)C4)n3)cnc21. The Balaban J connectivity index is 1.54. The van der Waals surface area contributed by atoms with Crippen molar-refractivity contribution in [3.63, 3.8) is 0 Å². The fourth-order valence-electron chi connectivity index (χ4n) is 5.19. The topological polar surface area (TPSA) is 114 Å². The summed E-state index contributed by atoms with van der Waals surface area (Å²) in [7, 11) is 1.58. The van der Waals surface area contributed by atoms with E-state index in [1.54, 1.807) is 38.1 Å². The highest BCUT2D eigenvalue weighted by Gasteiger charge is 2.42. The van der Waals surface area contributed by atoms with Crippen LogP contribution in [0.3, 0.4) is 0 Å². The van der Waals surface area contributed by atoms with Gasteiger partial charge in [0, 0.05) is 30.3 Å². The predicted octanol–water partition coefficient (Wildman–Crippen LogP) is 3.63. The molecule has 0 radical (unpaired) electrons. The molecule has 1 fully saturated rings. The lowest BCUT2D eigenvalue weighted by molar-refractivity contribution is -0.132. The number of methoxy groups -OCH3 is 1. The number of hydrogen-bond acceptors (Lipinski definition) is 9. The second-order valence-electron chi connectivity index (χ2n) is 11.3. The quantitative estimate of drug-likeness (QED) is 0.523. The Kier molecular flexibility index (Phi) is 6.82. The van der Waals surface area contributed by atoms with E-state index in [2.05, 4.69) is 58.6 Å². The van der Waals surface area contributed by atoms with Crippen LogP contribution in [0.2, 0.25) is 0 Å². The van der Waals surface area contributed by atoms with Gasteiger partial charge in [0.25, 0.3) is 5.91 Å². The van der Waals surface area contributed by atoms with E-state index in [-0.39, 0.29) is 34.8 Å². The number of fused-ring (bicyclic) bond motifs is 1. The molecule has 10 nitrogen and oxygen atoms in total. The summed E-state index contributed by atoms with van der Waals surface area (Å²) in [6.07, 6.45) is 4.35. The number of carbonyl (C=O) groups is 1. The predicted molar refractivity (Wildman–Crippen MR) is 136 cm³/mol. The van der Waals surface area contributed by atoms with E-state index in [1.165, 1.54) is 0 Å². The van der Waals surface area contributed by atoms with Gasteiger partial charge in [-0.05, 0) is 54.4 Å². The molecular weight excluding hydrogens is 465 g/mol. The van der Waals surface area contributed by atoms with Gasteiger partial charge in [0.05, 0.1) is 31.2 Å². The van der Waals surface area contributed by atoms with Gasteiger partial charge in [0.1, 0.15) is 0 Å². The number of anilines is 4. The maximum Gasteiger partial charge on any atom is 0.271 e. The van der Waals surface area contributed by atoms with E-state index < -0.39 is 11.4 Å². The van der Waals surface area contributed by atoms with E-state index in [0.29, 0.717) is 30.4 Å². The number of aromatic nitrogens is 3. The number of ether oxygens (including phenoxy) is 2. The van der Waals surface area contributed by atoms with Crippen LogP contribution < -0.4 is 25.6 Å². The van der Waals surface area contributed by atoms with Crippen molar-refractivity contribution in [2.24, 2.45) is 0 Å². The molecular formula is C25H36FN7O3. The van der Waals surface area contributed by atoms with Crippen molar-refractivity contribution >= 4 is 29.2 Å². The lowest BCUT2D eigenvalue weighted by Crippen LogP contribution is -2.60. The molecule has 0 aliphatic carbocycles. The Morgan fingerprint density at radius 1 is 1.17 bits per heavy atom. The summed E-state index contributed by atoms with van der Waals surface area (Å²) in [4.78, 5) is 27.3. The molecule has 2 aliphatic rings. The number of nitrogens with zero attached hydrogens (tertiary/aromatic N) is 4. The van der Waals surface area contributed by atoms with Gasteiger partial charge in [-0.2, -0.15) is 4.98 Å². The van der Waals surface area contributed by atoms with Gasteiger partial charge in [-0.1, -0.05) is 0 Å². The molecule has 2 aliphatic heterocycles. The molecule has 2 aromatic rings. The van der Waals surface area contributed by atoms with Crippen molar-refractivity contribution in [3.8, 4) is 5.75 Å². The average Bonchev–Trinajstić information content (AvgIpc) is 2.74. The van der Waals surface area contributed by atoms with E-state index in [0.717, 1.165) is 19.0 Å². The van der Waals surface area contributed by atoms with Gasteiger partial charge in [-0.15, -0.1) is 0 Å². The molecule has 196 valence electrons. The first-order valence-corrected chi connectivity index (χ1v) is 12.1. The van der Waals surface area contributed by atoms with Crippen LogP contribution in [0.5, 0.6) is 5.75 Å². The van der Waals surface area contributed by atoms with Crippen LogP contribution in [-0.2, 0) is 9.53 Å². The van der Waals surface area contributed by atoms with Crippen LogP contribution in [0.15, 0.2) is 18.5 Å². The summed E-state index contributed by atoms with van der Waals surface area (Å²) in [5.41, 5.74) is -0.691. The highest BCUT2D eigenvalue weighted by molar-refractivity contribution is 6.01. The second-order valence-corrected chi connectivity index (χ2v) is 11.3. The van der Waals surface area contributed by atoms with Crippen molar-refractivity contribution in [3.05, 3.63) is 24.3 Å². The molecule has 0 atom stereocenters. The van der Waals surface area contributed by atoms with Crippen LogP contribution in [0.25, 0.3) is 0 Å². The van der Waals surface area contributed by atoms with Gasteiger partial charge in [-0.3, -0.25) is 9.69 Å². The molecule has 11 heteroatoms. The minimum Gasteiger partial charge on any atom is -0.474 e. The summed E-state index contributed by atoms with van der Waals surface area (Å²) in [5, 5.41) is 9.98. The van der Waals surface area contributed by atoms with E-state index >= 15 is 0 Å². The zero-order valence-electron chi connectivity index (χ0n) is 22.0. The van der Waals surface area contributed by atoms with Crippen LogP contribution >= 0.6 is 0 Å². The number of rotatable bonds is 7. The van der Waals surface area contributed by atoms with Crippen LogP contribution in [0, 0.1) is 5.82 Å². The third kappa shape index (κ3) is 5.67. The van der Waals surface area contributed by atoms with Crippen molar-refractivity contribution in [1.82, 2.24) is 20.3 Å². The summed E-state index contributed by atoms with van der Waals surface area (Å²) < 4.78 is 25.7. The number of amides is 1. The smallest absolute Gasteiger partial charge is 0.271 e. The molecule has 0 aromatic carbocycles. The normalized spacial score (nSPS) is 20.4. The highest BCUT2D eigenvalue weighted by Crippen LogP contribution is 2.38. The van der Waals surface area contributed by atoms with Gasteiger partial charge in [0.15, 0.2) is 28.8 Å². The molecule has 4 rings (SSSR count). The second kappa shape index (κ2) is 9.44. The molecule has 36 heavy (non-hydrogen) atoms. The third-order valence-corrected chi connectivity index (χ3v) is 6.26. The molecule has 1 amide bonds. The fraction of sp³-hybridized carbons (Fsp3) is 0.600. The Morgan fingerprint density at radius 2 is 1.86 bits per heavy atom. The van der Waals surface area contributed by atoms with Crippen LogP contribution in [0.1, 0.15) is 54.4 Å². The number of piperidine rings is 1. The molecule has 0 spiro atoms. The maximum atomic E-state index is 14.6. The first-order chi connectivity index (χ1) is 16.8. The molecule has 2 aromatic heterocycles. The fourth-order valence-corrected chi connectivity index (χ4v) is 5.19. The number of carbonyl (C=O) groups excluding carboxylic acids is 1. The van der Waals surface area contributed by atoms with Gasteiger partial charge >= 0.3 is 0 Å². The molecule has 0 unspecified atom stereocenters. The minimum atomic E-state index is -1.05. The first kappa shape index (κ1) is 26.0. The van der Waals surface area contributed by atoms with Gasteiger partial charge in [0.2, 0.25) is 5.95 Å². The zero-order chi connectivity index (χ0) is 26.3. The van der Waals surface area contributed by atoms with E-state index in [9.17, 15) is 9.18 Å². The van der Waals surface area contributed by atoms with E-state index in [4.69, 9.17) is 9.47 Å². The Morgan fingerprint density at radius 3 is 2.53 bits per heavy atom. The van der Waals surface area contributed by atoms with E-state index in [1.807, 2.05) is 0 Å². The number of hydrogen-bond donors (Lipinski definition) is 3. The number of nitrogens with one attached hydrogen (secondary N) is 3. The summed E-state index contributed by atoms with van der Waals surface area (Å²) in [6.45, 7) is 12.7. The standard InChI is InChI=1S/C25H36FN7O3/c1-23(2)11-16(12-24(3,4)32-23)29-19-17(26)14-28-22(31-19)30-15-10-18-20(27-13-15)33(8-9-35-7)21(34)25(5,6)36-18/h10,13-14,16,32H,8-9,11-12H2,1-7H3,(H2,28,29,30,31). The largest absolute Gasteiger partial charge is 0.474 e. The Hall–Kier alpha value is -3.05. The van der Waals surface area contributed by atoms with Crippen molar-refractivity contribution < 1.29 is 18.7 Å². The average molecular weight is 502 g/mol. The summed E-state index contributed by atoms with van der Waals surface area (Å²) in [6, 6.07) is 1.78. The number of halogens is 1. The van der Waals surface area contributed by atoms with Gasteiger partial charge in [-0.25, -0.2) is 14.4 Å². The lowest BCUT2D eigenvalue weighted by Gasteiger charge is -2.46. The lowest BCUT2D eigenvalue weighted by atomic mass is 9.79. The van der Waals surface area contributed by atoms with Crippen molar-refractivity contribution in [2.75, 3.05) is 35.8 Å². The zero-order valence-corrected chi connectivity index (χ0v) is 22.0. The van der Waals surface area contributed by atoms with Crippen LogP contribution in [-0.4, -0.2) is 63.8 Å². The monoisotopic (exact) mass is 501 g/mol. The van der Waals surface area contributed by atoms with Gasteiger partial charge < -0.3 is 25.4 Å². The minimum absolute atomic E-state index is 0.0464. The van der Waals surface area contributed by atoms with Crippen molar-refractivity contribution in [2.45, 2.75) is 77.1 Å². The number of pyridine rings is 1. The summed E-state index contributed by atoms with van der Waals surface area (Å²) in [5.74, 6) is 0.514. The Labute approximate surface area is 211 Å². The van der Waals surface area contributed by atoms with Crippen molar-refractivity contribution in [1.29, 1.82) is 0 Å². The van der Waals surface area contributed by atoms with Crippen LogP contribution in [0.4, 0.5) is 27.7 Å². The molecule has 0 bridgehead atoms. The third-order valence-electron chi connectivity index (χ3n) is 6.26. The molecule has 3 N–H and O–H groups in total. The molecule has 0 saturated carbocycles. The Bertz CT molecular complexity index is 1120. The molecule has 4 heterocycles. The first-order valence-electron chi connectivity index (χ1n) is 12.1.